The van der Waals surface area contributed by atoms with E-state index in [1.165, 1.54) is 23.3 Å². The maximum atomic E-state index is 4.49. The van der Waals surface area contributed by atoms with Crippen molar-refractivity contribution >= 4 is 29.1 Å². The summed E-state index contributed by atoms with van der Waals surface area (Å²) in [5.74, 6) is 2.52. The van der Waals surface area contributed by atoms with Crippen molar-refractivity contribution in [1.29, 1.82) is 0 Å². The first kappa shape index (κ1) is 13.2. The third kappa shape index (κ3) is 3.39. The summed E-state index contributed by atoms with van der Waals surface area (Å²) >= 11 is 2.93. The first-order chi connectivity index (χ1) is 8.71. The SMILES string of the molecule is CCNc1cc(Sc2nc(C)ns2)nc(CC)n1. The van der Waals surface area contributed by atoms with E-state index in [2.05, 4.69) is 38.5 Å². The highest BCUT2D eigenvalue weighted by Crippen LogP contribution is 2.28. The van der Waals surface area contributed by atoms with E-state index in [1.54, 1.807) is 0 Å². The number of nitrogens with one attached hydrogen (secondary N) is 1. The summed E-state index contributed by atoms with van der Waals surface area (Å²) in [6.45, 7) is 6.84. The molecule has 2 rings (SSSR count). The maximum Gasteiger partial charge on any atom is 0.176 e. The molecule has 96 valence electrons. The third-order valence-corrected chi connectivity index (χ3v) is 3.88. The van der Waals surface area contributed by atoms with Gasteiger partial charge in [-0.05, 0) is 37.1 Å². The van der Waals surface area contributed by atoms with E-state index in [4.69, 9.17) is 0 Å². The van der Waals surface area contributed by atoms with Gasteiger partial charge in [-0.25, -0.2) is 15.0 Å². The molecule has 0 amide bonds. The van der Waals surface area contributed by atoms with Crippen molar-refractivity contribution in [3.8, 4) is 0 Å². The molecule has 2 aromatic heterocycles. The number of aromatic nitrogens is 4. The maximum absolute atomic E-state index is 4.49. The average molecular weight is 281 g/mol. The van der Waals surface area contributed by atoms with E-state index >= 15 is 0 Å². The highest BCUT2D eigenvalue weighted by molar-refractivity contribution is 8.00. The summed E-state index contributed by atoms with van der Waals surface area (Å²) in [5, 5.41) is 4.13. The Balaban J connectivity index is 2.23. The molecule has 0 spiro atoms. The van der Waals surface area contributed by atoms with Crippen molar-refractivity contribution in [2.24, 2.45) is 0 Å². The summed E-state index contributed by atoms with van der Waals surface area (Å²) in [7, 11) is 0. The minimum Gasteiger partial charge on any atom is -0.370 e. The Morgan fingerprint density at radius 1 is 1.28 bits per heavy atom. The molecule has 2 aromatic rings. The van der Waals surface area contributed by atoms with Crippen LogP contribution in [0.15, 0.2) is 15.4 Å². The van der Waals surface area contributed by atoms with Crippen LogP contribution in [0, 0.1) is 6.92 Å². The van der Waals surface area contributed by atoms with Crippen molar-refractivity contribution < 1.29 is 0 Å². The van der Waals surface area contributed by atoms with E-state index in [0.717, 1.165) is 39.8 Å². The van der Waals surface area contributed by atoms with Gasteiger partial charge in [0.15, 0.2) is 4.34 Å². The lowest BCUT2D eigenvalue weighted by Crippen LogP contribution is -2.03. The summed E-state index contributed by atoms with van der Waals surface area (Å²) in [5.41, 5.74) is 0. The van der Waals surface area contributed by atoms with Gasteiger partial charge in [-0.2, -0.15) is 4.37 Å². The van der Waals surface area contributed by atoms with Crippen LogP contribution in [0.3, 0.4) is 0 Å². The highest BCUT2D eigenvalue weighted by atomic mass is 32.2. The first-order valence-corrected chi connectivity index (χ1v) is 7.40. The third-order valence-electron chi connectivity index (χ3n) is 2.12. The Hall–Kier alpha value is -1.21. The number of nitrogens with zero attached hydrogens (tertiary/aromatic N) is 4. The van der Waals surface area contributed by atoms with Gasteiger partial charge in [0.05, 0.1) is 0 Å². The molecule has 0 fully saturated rings. The fourth-order valence-corrected chi connectivity index (χ4v) is 2.98. The Labute approximate surface area is 115 Å². The van der Waals surface area contributed by atoms with E-state index in [0.29, 0.717) is 0 Å². The molecule has 0 aliphatic heterocycles. The first-order valence-electron chi connectivity index (χ1n) is 5.81. The lowest BCUT2D eigenvalue weighted by molar-refractivity contribution is 0.886. The molecule has 1 N–H and O–H groups in total. The number of rotatable bonds is 5. The van der Waals surface area contributed by atoms with Crippen LogP contribution >= 0.6 is 23.3 Å². The smallest absolute Gasteiger partial charge is 0.176 e. The van der Waals surface area contributed by atoms with Gasteiger partial charge in [0.2, 0.25) is 0 Å². The number of hydrogen-bond acceptors (Lipinski definition) is 7. The predicted molar refractivity (Wildman–Crippen MR) is 74.3 cm³/mol. The minimum absolute atomic E-state index is 0.805. The molecular weight excluding hydrogens is 266 g/mol. The summed E-state index contributed by atoms with van der Waals surface area (Å²) < 4.78 is 5.08. The van der Waals surface area contributed by atoms with Crippen molar-refractivity contribution in [3.05, 3.63) is 17.7 Å². The topological polar surface area (TPSA) is 63.6 Å². The fraction of sp³-hybridized carbons (Fsp3) is 0.455. The van der Waals surface area contributed by atoms with Crippen LogP contribution in [-0.2, 0) is 6.42 Å². The monoisotopic (exact) mass is 281 g/mol. The zero-order valence-electron chi connectivity index (χ0n) is 10.6. The molecule has 0 atom stereocenters. The van der Waals surface area contributed by atoms with E-state index in [1.807, 2.05) is 13.0 Å². The van der Waals surface area contributed by atoms with Crippen LogP contribution in [0.4, 0.5) is 5.82 Å². The van der Waals surface area contributed by atoms with Gasteiger partial charge < -0.3 is 5.32 Å². The molecular formula is C11H15N5S2. The van der Waals surface area contributed by atoms with Gasteiger partial charge in [0.1, 0.15) is 22.5 Å². The molecule has 0 saturated heterocycles. The van der Waals surface area contributed by atoms with Gasteiger partial charge in [0.25, 0.3) is 0 Å². The van der Waals surface area contributed by atoms with Crippen LogP contribution in [0.25, 0.3) is 0 Å². The molecule has 0 saturated carbocycles. The Bertz CT molecular complexity index is 526. The molecule has 7 heteroatoms. The Kier molecular flexibility index (Phi) is 4.48. The van der Waals surface area contributed by atoms with Crippen LogP contribution in [0.1, 0.15) is 25.5 Å². The molecule has 18 heavy (non-hydrogen) atoms. The standard InChI is InChI=1S/C11H15N5S2/c1-4-8-14-9(12-5-2)6-10(15-8)17-11-13-7(3)16-18-11/h6H,4-5H2,1-3H3,(H,12,14,15). The second kappa shape index (κ2) is 6.10. The second-order valence-electron chi connectivity index (χ2n) is 3.60. The van der Waals surface area contributed by atoms with Gasteiger partial charge in [-0.1, -0.05) is 6.92 Å². The molecule has 5 nitrogen and oxygen atoms in total. The Morgan fingerprint density at radius 2 is 2.11 bits per heavy atom. The molecule has 0 aliphatic rings. The van der Waals surface area contributed by atoms with Crippen molar-refractivity contribution in [2.75, 3.05) is 11.9 Å². The number of aryl methyl sites for hydroxylation is 2. The molecule has 0 bridgehead atoms. The zero-order chi connectivity index (χ0) is 13.0. The van der Waals surface area contributed by atoms with Gasteiger partial charge in [-0.15, -0.1) is 0 Å². The van der Waals surface area contributed by atoms with Crippen molar-refractivity contribution in [2.45, 2.75) is 36.6 Å². The summed E-state index contributed by atoms with van der Waals surface area (Å²) in [6.07, 6.45) is 0.821. The average Bonchev–Trinajstić information content (AvgIpc) is 2.75. The van der Waals surface area contributed by atoms with Gasteiger partial charge in [-0.3, -0.25) is 0 Å². The summed E-state index contributed by atoms with van der Waals surface area (Å²) in [6, 6.07) is 1.95. The molecule has 2 heterocycles. The highest BCUT2D eigenvalue weighted by Gasteiger charge is 2.08. The quantitative estimate of drug-likeness (QED) is 0.850. The van der Waals surface area contributed by atoms with E-state index < -0.39 is 0 Å². The molecule has 0 aromatic carbocycles. The molecule has 0 aliphatic carbocycles. The van der Waals surface area contributed by atoms with Gasteiger partial charge in [0, 0.05) is 19.0 Å². The normalized spacial score (nSPS) is 10.6. The minimum atomic E-state index is 0.805. The van der Waals surface area contributed by atoms with Crippen LogP contribution in [-0.4, -0.2) is 25.9 Å². The van der Waals surface area contributed by atoms with Crippen LogP contribution in [0.2, 0.25) is 0 Å². The number of hydrogen-bond donors (Lipinski definition) is 1. The van der Waals surface area contributed by atoms with Gasteiger partial charge >= 0.3 is 0 Å². The lowest BCUT2D eigenvalue weighted by atomic mass is 10.4. The predicted octanol–water partition coefficient (Wildman–Crippen LogP) is 2.78. The van der Waals surface area contributed by atoms with Crippen molar-refractivity contribution in [1.82, 2.24) is 19.3 Å². The molecule has 0 unspecified atom stereocenters. The van der Waals surface area contributed by atoms with Crippen LogP contribution in [0.5, 0.6) is 0 Å². The molecule has 0 radical (unpaired) electrons. The van der Waals surface area contributed by atoms with Crippen molar-refractivity contribution in [3.63, 3.8) is 0 Å². The second-order valence-corrected chi connectivity index (χ2v) is 5.62. The fourth-order valence-electron chi connectivity index (χ4n) is 1.36. The summed E-state index contributed by atoms with van der Waals surface area (Å²) in [4.78, 5) is 13.2. The number of anilines is 1. The van der Waals surface area contributed by atoms with E-state index in [-0.39, 0.29) is 0 Å². The van der Waals surface area contributed by atoms with Crippen LogP contribution < -0.4 is 5.32 Å². The largest absolute Gasteiger partial charge is 0.370 e. The zero-order valence-corrected chi connectivity index (χ0v) is 12.2. The lowest BCUT2D eigenvalue weighted by Gasteiger charge is -2.06. The van der Waals surface area contributed by atoms with E-state index in [9.17, 15) is 0 Å². The Morgan fingerprint density at radius 3 is 2.72 bits per heavy atom.